The van der Waals surface area contributed by atoms with Crippen LogP contribution in [0.1, 0.15) is 510 Å². The molecule has 0 amide bonds. The van der Waals surface area contributed by atoms with Crippen LogP contribution in [0, 0.1) is 0 Å². The van der Waals surface area contributed by atoms with Gasteiger partial charge in [-0.1, -0.05) is 372 Å². The number of nitrogens with zero attached hydrogens (tertiary/aromatic N) is 16. The maximum absolute atomic E-state index is 4.98. The number of rotatable bonds is 13. The molecule has 0 spiro atoms. The number of hydrogen-bond donors (Lipinski definition) is 1. The summed E-state index contributed by atoms with van der Waals surface area (Å²) in [5.74, 6) is 9.57. The molecule has 0 aromatic carbocycles. The van der Waals surface area contributed by atoms with Gasteiger partial charge in [-0.3, -0.25) is 35.0 Å². The molecule has 20 nitrogen and oxygen atoms in total. The van der Waals surface area contributed by atoms with Gasteiger partial charge in [0, 0.05) is 143 Å². The minimum Gasteiger partial charge on any atom is -0.451 e. The number of nitrogens with one attached hydrogen (secondary N) is 1. The number of pyridine rings is 3. The van der Waals surface area contributed by atoms with Crippen LogP contribution >= 0.6 is 34.0 Å². The zero-order chi connectivity index (χ0) is 108. The number of thiazole rings is 3. The van der Waals surface area contributed by atoms with E-state index in [1.165, 1.54) is 45.2 Å². The summed E-state index contributed by atoms with van der Waals surface area (Å²) in [7, 11) is 0. The summed E-state index contributed by atoms with van der Waals surface area (Å²) in [5.41, 5.74) is 13.1. The van der Waals surface area contributed by atoms with Gasteiger partial charge in [0.15, 0.2) is 18.7 Å². The minimum atomic E-state index is 0.407. The minimum absolute atomic E-state index is 0.407. The lowest BCUT2D eigenvalue weighted by Crippen LogP contribution is -1.93. The van der Waals surface area contributed by atoms with Gasteiger partial charge in [0.1, 0.15) is 30.4 Å². The lowest BCUT2D eigenvalue weighted by molar-refractivity contribution is 0.471. The zero-order valence-corrected chi connectivity index (χ0v) is 98.8. The molecule has 0 aliphatic heterocycles. The molecular weight excluding hydrogens is 1740 g/mol. The molecular formula is C113H205N17O3S3. The van der Waals surface area contributed by atoms with E-state index in [2.05, 4.69) is 257 Å². The second-order valence-electron chi connectivity index (χ2n) is 28.6. The highest BCUT2D eigenvalue weighted by molar-refractivity contribution is 7.10. The summed E-state index contributed by atoms with van der Waals surface area (Å²) in [4.78, 5) is 61.5. The van der Waals surface area contributed by atoms with E-state index >= 15 is 0 Å². The van der Waals surface area contributed by atoms with Crippen LogP contribution in [0.3, 0.4) is 0 Å². The average molecular weight is 1950 g/mol. The molecule has 778 valence electrons. The Hall–Kier alpha value is -9.58. The van der Waals surface area contributed by atoms with Crippen molar-refractivity contribution in [1.29, 1.82) is 0 Å². The Morgan fingerprint density at radius 3 is 0.971 bits per heavy atom. The van der Waals surface area contributed by atoms with Gasteiger partial charge >= 0.3 is 0 Å². The lowest BCUT2D eigenvalue weighted by atomic mass is 10.1. The molecule has 0 aliphatic carbocycles. The summed E-state index contributed by atoms with van der Waals surface area (Å²) >= 11 is 5.10. The smallest absolute Gasteiger partial charge is 0.196 e. The monoisotopic (exact) mass is 1940 g/mol. The molecule has 0 fully saturated rings. The van der Waals surface area contributed by atoms with Gasteiger partial charge in [-0.2, -0.15) is 5.10 Å². The van der Waals surface area contributed by atoms with E-state index in [1.807, 2.05) is 321 Å². The number of aromatic amines is 1. The summed E-state index contributed by atoms with van der Waals surface area (Å²) in [6.07, 6.45) is 36.4. The Morgan fingerprint density at radius 1 is 0.279 bits per heavy atom. The Balaban J connectivity index is -0.000000107. The van der Waals surface area contributed by atoms with Crippen molar-refractivity contribution in [1.82, 2.24) is 85.0 Å². The summed E-state index contributed by atoms with van der Waals surface area (Å²) in [6.45, 7) is 107. The molecule has 0 unspecified atom stereocenters. The first-order valence-electron chi connectivity index (χ1n) is 50.8. The largest absolute Gasteiger partial charge is 0.451 e. The van der Waals surface area contributed by atoms with Gasteiger partial charge < -0.3 is 13.3 Å². The van der Waals surface area contributed by atoms with Crippen LogP contribution in [0.2, 0.25) is 0 Å². The molecule has 0 atom stereocenters. The summed E-state index contributed by atoms with van der Waals surface area (Å²) < 4.78 is 14.7. The van der Waals surface area contributed by atoms with Crippen molar-refractivity contribution in [3.63, 3.8) is 0 Å². The van der Waals surface area contributed by atoms with E-state index in [1.54, 1.807) is 102 Å². The molecule has 13 heterocycles. The Kier molecular flexibility index (Phi) is 138. The normalized spacial score (nSPS) is 8.86. The molecule has 0 bridgehead atoms. The number of aromatic nitrogens is 17. The molecule has 136 heavy (non-hydrogen) atoms. The van der Waals surface area contributed by atoms with Crippen LogP contribution in [-0.4, -0.2) is 85.0 Å². The number of hydrogen-bond acceptors (Lipinski definition) is 22. The molecule has 0 aliphatic rings. The van der Waals surface area contributed by atoms with E-state index in [9.17, 15) is 0 Å². The van der Waals surface area contributed by atoms with Crippen LogP contribution in [0.15, 0.2) is 226 Å². The third-order valence-corrected chi connectivity index (χ3v) is 17.4. The Morgan fingerprint density at radius 2 is 0.757 bits per heavy atom. The molecule has 13 rings (SSSR count). The second kappa shape index (κ2) is 121. The standard InChI is InChI=1S/3C8H11N.3C7H10N2.C6H10N2.3C6H9NO.3C6H9NS.13C2H6/c1-7(2)8-3-5-9-6-4-8;2*1-7(2)8-5-3-4-6-9-8;1-6(2)7-3-8-5-9-4-7;1-6(2)7-5-8-3-4-9-7;1-6(2)7-8-4-3-5-9-7;1-5(2)6-3-4-7-8-6;1-5(2)6-3-8-4-7-6;1-5(2)6-3-7-4-8-6;1-5(2)6-7-3-4-8-6;1-5(2)6-3-8-4-7-6;1-5(2)6-3-7-4-8-6;1-5(2)6-7-3-4-8-6;13*1-2/h3*3-7H,1-2H3;3*3-6H,1-2H3;3-5H,1-2H3,(H,7,8);6*3-5H,1-2H3;13*1-2H3. The van der Waals surface area contributed by atoms with E-state index in [4.69, 9.17) is 13.3 Å². The van der Waals surface area contributed by atoms with Crippen molar-refractivity contribution in [3.8, 4) is 0 Å². The summed E-state index contributed by atoms with van der Waals surface area (Å²) in [6, 6.07) is 19.9. The van der Waals surface area contributed by atoms with Crippen molar-refractivity contribution in [2.75, 3.05) is 0 Å². The molecule has 0 radical (unpaired) electrons. The van der Waals surface area contributed by atoms with Crippen LogP contribution in [-0.2, 0) is 0 Å². The Labute approximate surface area is 849 Å². The quantitative estimate of drug-likeness (QED) is 0.112. The lowest BCUT2D eigenvalue weighted by Gasteiger charge is -2.01. The molecule has 23 heteroatoms. The fourth-order valence-corrected chi connectivity index (χ4v) is 9.68. The highest BCUT2D eigenvalue weighted by Gasteiger charge is 2.06. The fraction of sp³-hybridized carbons (Fsp3) is 0.575. The van der Waals surface area contributed by atoms with Crippen LogP contribution in [0.5, 0.6) is 0 Å². The molecule has 13 aromatic rings. The van der Waals surface area contributed by atoms with E-state index in [-0.39, 0.29) is 0 Å². The zero-order valence-electron chi connectivity index (χ0n) is 96.3. The van der Waals surface area contributed by atoms with Crippen molar-refractivity contribution < 1.29 is 13.3 Å². The highest BCUT2D eigenvalue weighted by Crippen LogP contribution is 2.20. The second-order valence-corrected chi connectivity index (χ2v) is 31.2. The maximum atomic E-state index is 4.98. The number of oxazole rings is 3. The van der Waals surface area contributed by atoms with Gasteiger partial charge in [-0.05, 0) is 113 Å². The van der Waals surface area contributed by atoms with Crippen molar-refractivity contribution in [2.24, 2.45) is 0 Å². The molecule has 0 saturated carbocycles. The van der Waals surface area contributed by atoms with E-state index in [0.717, 1.165) is 40.3 Å². The molecule has 1 N–H and O–H groups in total. The van der Waals surface area contributed by atoms with Crippen LogP contribution in [0.4, 0.5) is 0 Å². The number of H-pyrrole nitrogens is 1. The van der Waals surface area contributed by atoms with Crippen molar-refractivity contribution >= 4 is 34.0 Å². The first kappa shape index (κ1) is 155. The first-order valence-corrected chi connectivity index (χ1v) is 53.5. The van der Waals surface area contributed by atoms with Crippen molar-refractivity contribution in [3.05, 3.63) is 286 Å². The Bertz CT molecular complexity index is 3280. The third kappa shape index (κ3) is 97.5. The third-order valence-electron chi connectivity index (χ3n) is 14.6. The maximum Gasteiger partial charge on any atom is 0.196 e. The molecule has 13 aromatic heterocycles. The predicted octanol–water partition coefficient (Wildman–Crippen LogP) is 38.5. The average Bonchev–Trinajstić information content (AvgIpc) is 1.91. The molecule has 0 saturated heterocycles. The van der Waals surface area contributed by atoms with Gasteiger partial charge in [-0.25, -0.2) is 44.9 Å². The van der Waals surface area contributed by atoms with Crippen molar-refractivity contribution in [2.45, 2.75) is 437 Å². The van der Waals surface area contributed by atoms with Crippen LogP contribution < -0.4 is 0 Å². The van der Waals surface area contributed by atoms with E-state index < -0.39 is 0 Å². The fourth-order valence-electron chi connectivity index (χ4n) is 7.67. The topological polar surface area (TPSA) is 261 Å². The van der Waals surface area contributed by atoms with Gasteiger partial charge in [0.05, 0.1) is 45.5 Å². The van der Waals surface area contributed by atoms with E-state index in [0.29, 0.717) is 76.9 Å². The van der Waals surface area contributed by atoms with Gasteiger partial charge in [-0.15, -0.1) is 34.0 Å². The van der Waals surface area contributed by atoms with Crippen LogP contribution in [0.25, 0.3) is 0 Å². The first-order chi connectivity index (χ1) is 65.5. The van der Waals surface area contributed by atoms with Gasteiger partial charge in [0.2, 0.25) is 0 Å². The SMILES string of the molecule is CC.CC.CC.CC.CC.CC.CC.CC.CC.CC.CC.CC.CC.CC(C)c1ccccn1.CC(C)c1ccccn1.CC(C)c1ccn[nH]1.CC(C)c1ccncc1.CC(C)c1cnccn1.CC(C)c1cncnc1.CC(C)c1cnco1.CC(C)c1cncs1.CC(C)c1cocn1.CC(C)c1cscn1.CC(C)c1ncccn1.CC(C)c1ncco1.CC(C)c1nccs1. The summed E-state index contributed by atoms with van der Waals surface area (Å²) in [5, 5.41) is 12.0. The predicted molar refractivity (Wildman–Crippen MR) is 604 cm³/mol. The highest BCUT2D eigenvalue weighted by atomic mass is 32.1. The van der Waals surface area contributed by atoms with Gasteiger partial charge in [0.25, 0.3) is 0 Å².